The first kappa shape index (κ1) is 11.9. The van der Waals surface area contributed by atoms with Crippen LogP contribution in [-0.2, 0) is 14.8 Å². The van der Waals surface area contributed by atoms with Gasteiger partial charge in [-0.25, -0.2) is 13.6 Å². The number of rotatable bonds is 4. The zero-order chi connectivity index (χ0) is 10.6. The highest BCUT2D eigenvalue weighted by Crippen LogP contribution is 2.25. The minimum Gasteiger partial charge on any atom is -0.377 e. The molecule has 1 rings (SSSR count). The van der Waals surface area contributed by atoms with Crippen molar-refractivity contribution >= 4 is 10.0 Å². The molecule has 0 saturated heterocycles. The van der Waals surface area contributed by atoms with E-state index in [0.717, 1.165) is 12.8 Å². The number of ether oxygens (including phenoxy) is 1. The van der Waals surface area contributed by atoms with E-state index >= 15 is 0 Å². The number of nitrogens with two attached hydrogens (primary N) is 1. The third-order valence-electron chi connectivity index (χ3n) is 2.61. The Morgan fingerprint density at radius 2 is 2.14 bits per heavy atom. The van der Waals surface area contributed by atoms with Gasteiger partial charge in [0.05, 0.1) is 18.5 Å². The second-order valence-corrected chi connectivity index (χ2v) is 5.87. The van der Waals surface area contributed by atoms with Crippen LogP contribution < -0.4 is 5.14 Å². The van der Waals surface area contributed by atoms with Crippen LogP contribution in [0.1, 0.15) is 32.6 Å². The molecule has 0 radical (unpaired) electrons. The van der Waals surface area contributed by atoms with Crippen LogP contribution in [0.3, 0.4) is 0 Å². The lowest BCUT2D eigenvalue weighted by Crippen LogP contribution is -2.26. The summed E-state index contributed by atoms with van der Waals surface area (Å²) in [4.78, 5) is 0. The molecule has 5 heteroatoms. The summed E-state index contributed by atoms with van der Waals surface area (Å²) >= 11 is 0. The standard InChI is InChI=1S/C9H19NO3S/c1-8-3-2-4-9(7-8)13-5-6-14(10,11)12/h8-9H,2-7H2,1H3,(H2,10,11,12). The molecule has 0 amide bonds. The van der Waals surface area contributed by atoms with Gasteiger partial charge in [-0.2, -0.15) is 0 Å². The topological polar surface area (TPSA) is 69.4 Å². The second kappa shape index (κ2) is 5.09. The molecule has 0 bridgehead atoms. The second-order valence-electron chi connectivity index (χ2n) is 4.13. The third kappa shape index (κ3) is 4.93. The lowest BCUT2D eigenvalue weighted by Gasteiger charge is -2.26. The molecule has 0 aromatic heterocycles. The SMILES string of the molecule is CC1CCCC(OCCS(N)(=O)=O)C1. The maximum absolute atomic E-state index is 10.6. The molecule has 1 aliphatic rings. The number of hydrogen-bond donors (Lipinski definition) is 1. The predicted octanol–water partition coefficient (Wildman–Crippen LogP) is 0.870. The minimum absolute atomic E-state index is 0.0715. The summed E-state index contributed by atoms with van der Waals surface area (Å²) in [6, 6.07) is 0. The summed E-state index contributed by atoms with van der Waals surface area (Å²) in [6.07, 6.45) is 4.77. The smallest absolute Gasteiger partial charge is 0.211 e. The highest BCUT2D eigenvalue weighted by atomic mass is 32.2. The van der Waals surface area contributed by atoms with Crippen LogP contribution in [0.5, 0.6) is 0 Å². The molecular formula is C9H19NO3S. The van der Waals surface area contributed by atoms with Crippen LogP contribution in [0.15, 0.2) is 0 Å². The van der Waals surface area contributed by atoms with Gasteiger partial charge in [-0.1, -0.05) is 19.8 Å². The Morgan fingerprint density at radius 3 is 2.71 bits per heavy atom. The van der Waals surface area contributed by atoms with Crippen LogP contribution >= 0.6 is 0 Å². The van der Waals surface area contributed by atoms with Crippen LogP contribution in [-0.4, -0.2) is 26.9 Å². The Bertz CT molecular complexity index is 263. The summed E-state index contributed by atoms with van der Waals surface area (Å²) in [5.74, 6) is 0.626. The molecule has 0 aromatic rings. The van der Waals surface area contributed by atoms with Crippen molar-refractivity contribution in [2.24, 2.45) is 11.1 Å². The van der Waals surface area contributed by atoms with E-state index in [1.807, 2.05) is 0 Å². The van der Waals surface area contributed by atoms with Gasteiger partial charge < -0.3 is 4.74 Å². The molecule has 14 heavy (non-hydrogen) atoms. The predicted molar refractivity (Wildman–Crippen MR) is 55.3 cm³/mol. The summed E-state index contributed by atoms with van der Waals surface area (Å²) in [5.41, 5.74) is 0. The Hall–Kier alpha value is -0.130. The molecule has 84 valence electrons. The molecule has 0 heterocycles. The van der Waals surface area contributed by atoms with E-state index in [1.54, 1.807) is 0 Å². The first-order valence-corrected chi connectivity index (χ1v) is 6.81. The van der Waals surface area contributed by atoms with Crippen molar-refractivity contribution < 1.29 is 13.2 Å². The zero-order valence-electron chi connectivity index (χ0n) is 8.61. The van der Waals surface area contributed by atoms with E-state index in [0.29, 0.717) is 5.92 Å². The Kier molecular flexibility index (Phi) is 4.34. The molecule has 1 aliphatic carbocycles. The molecule has 0 aromatic carbocycles. The fraction of sp³-hybridized carbons (Fsp3) is 1.00. The van der Waals surface area contributed by atoms with Gasteiger partial charge in [-0.15, -0.1) is 0 Å². The van der Waals surface area contributed by atoms with Crippen molar-refractivity contribution in [3.8, 4) is 0 Å². The Morgan fingerprint density at radius 1 is 1.43 bits per heavy atom. The van der Waals surface area contributed by atoms with Crippen molar-refractivity contribution in [1.82, 2.24) is 0 Å². The lowest BCUT2D eigenvalue weighted by molar-refractivity contribution is 0.0242. The summed E-state index contributed by atoms with van der Waals surface area (Å²) in [6.45, 7) is 2.44. The fourth-order valence-electron chi connectivity index (χ4n) is 1.86. The number of hydrogen-bond acceptors (Lipinski definition) is 3. The van der Waals surface area contributed by atoms with Gasteiger partial charge in [-0.05, 0) is 18.8 Å². The van der Waals surface area contributed by atoms with Crippen molar-refractivity contribution in [2.45, 2.75) is 38.7 Å². The first-order chi connectivity index (χ1) is 6.47. The summed E-state index contributed by atoms with van der Waals surface area (Å²) in [5, 5.41) is 4.87. The molecule has 1 fully saturated rings. The van der Waals surface area contributed by atoms with Crippen LogP contribution in [0.4, 0.5) is 0 Å². The van der Waals surface area contributed by atoms with Gasteiger partial charge in [-0.3, -0.25) is 0 Å². The van der Waals surface area contributed by atoms with E-state index in [9.17, 15) is 8.42 Å². The van der Waals surface area contributed by atoms with Crippen LogP contribution in [0.25, 0.3) is 0 Å². The average Bonchev–Trinajstić information content (AvgIpc) is 2.01. The van der Waals surface area contributed by atoms with Crippen molar-refractivity contribution in [3.63, 3.8) is 0 Å². The molecule has 2 atom stereocenters. The van der Waals surface area contributed by atoms with Gasteiger partial charge >= 0.3 is 0 Å². The number of sulfonamides is 1. The molecule has 1 saturated carbocycles. The van der Waals surface area contributed by atoms with E-state index in [1.165, 1.54) is 12.8 Å². The molecular weight excluding hydrogens is 202 g/mol. The summed E-state index contributed by atoms with van der Waals surface area (Å²) in [7, 11) is -3.36. The maximum atomic E-state index is 10.6. The maximum Gasteiger partial charge on any atom is 0.211 e. The molecule has 0 aliphatic heterocycles. The first-order valence-electron chi connectivity index (χ1n) is 5.09. The molecule has 2 unspecified atom stereocenters. The largest absolute Gasteiger partial charge is 0.377 e. The van der Waals surface area contributed by atoms with E-state index in [4.69, 9.17) is 9.88 Å². The molecule has 0 spiro atoms. The highest BCUT2D eigenvalue weighted by Gasteiger charge is 2.19. The Labute approximate surface area is 85.9 Å². The quantitative estimate of drug-likeness (QED) is 0.765. The van der Waals surface area contributed by atoms with E-state index in [-0.39, 0.29) is 18.5 Å². The zero-order valence-corrected chi connectivity index (χ0v) is 9.42. The van der Waals surface area contributed by atoms with Gasteiger partial charge in [0.2, 0.25) is 10.0 Å². The fourth-order valence-corrected chi connectivity index (χ4v) is 2.19. The third-order valence-corrected chi connectivity index (χ3v) is 3.35. The van der Waals surface area contributed by atoms with Crippen molar-refractivity contribution in [3.05, 3.63) is 0 Å². The number of primary sulfonamides is 1. The van der Waals surface area contributed by atoms with Gasteiger partial charge in [0.15, 0.2) is 0 Å². The van der Waals surface area contributed by atoms with E-state index < -0.39 is 10.0 Å². The average molecular weight is 221 g/mol. The Balaban J connectivity index is 2.18. The lowest BCUT2D eigenvalue weighted by atomic mass is 9.89. The van der Waals surface area contributed by atoms with Crippen molar-refractivity contribution in [2.75, 3.05) is 12.4 Å². The van der Waals surface area contributed by atoms with Crippen molar-refractivity contribution in [1.29, 1.82) is 0 Å². The highest BCUT2D eigenvalue weighted by molar-refractivity contribution is 7.89. The van der Waals surface area contributed by atoms with Gasteiger partial charge in [0.1, 0.15) is 0 Å². The van der Waals surface area contributed by atoms with Crippen LogP contribution in [0, 0.1) is 5.92 Å². The monoisotopic (exact) mass is 221 g/mol. The molecule has 4 nitrogen and oxygen atoms in total. The van der Waals surface area contributed by atoms with Gasteiger partial charge in [0.25, 0.3) is 0 Å². The molecule has 2 N–H and O–H groups in total. The summed E-state index contributed by atoms with van der Waals surface area (Å²) < 4.78 is 26.7. The minimum atomic E-state index is -3.36. The van der Waals surface area contributed by atoms with Crippen LogP contribution in [0.2, 0.25) is 0 Å². The normalized spacial score (nSPS) is 29.0. The van der Waals surface area contributed by atoms with E-state index in [2.05, 4.69) is 6.92 Å². The van der Waals surface area contributed by atoms with Gasteiger partial charge in [0, 0.05) is 0 Å².